The van der Waals surface area contributed by atoms with Gasteiger partial charge in [0.05, 0.1) is 7.11 Å². The van der Waals surface area contributed by atoms with Crippen LogP contribution >= 0.6 is 0 Å². The second-order valence-corrected chi connectivity index (χ2v) is 6.39. The predicted octanol–water partition coefficient (Wildman–Crippen LogP) is 4.26. The minimum Gasteiger partial charge on any atom is -0.481 e. The van der Waals surface area contributed by atoms with E-state index in [1.54, 1.807) is 19.2 Å². The van der Waals surface area contributed by atoms with Crippen LogP contribution in [0.4, 0.5) is 0 Å². The minimum atomic E-state index is -0.0893. The topological polar surface area (TPSA) is 56.5 Å². The molecule has 0 spiro atoms. The van der Waals surface area contributed by atoms with E-state index < -0.39 is 0 Å². The van der Waals surface area contributed by atoms with E-state index in [0.29, 0.717) is 22.9 Å². The van der Waals surface area contributed by atoms with E-state index in [1.807, 2.05) is 28.8 Å². The summed E-state index contributed by atoms with van der Waals surface area (Å²) in [7, 11) is 1.64. The molecule has 3 rings (SSSR count). The van der Waals surface area contributed by atoms with Crippen molar-refractivity contribution in [2.45, 2.75) is 46.0 Å². The van der Waals surface area contributed by atoms with Gasteiger partial charge in [0.15, 0.2) is 0 Å². The van der Waals surface area contributed by atoms with E-state index in [-0.39, 0.29) is 5.78 Å². The van der Waals surface area contributed by atoms with Gasteiger partial charge in [-0.3, -0.25) is 9.20 Å². The van der Waals surface area contributed by atoms with Gasteiger partial charge < -0.3 is 4.74 Å². The highest BCUT2D eigenvalue weighted by molar-refractivity contribution is 6.07. The lowest BCUT2D eigenvalue weighted by molar-refractivity contribution is 0.103. The quantitative estimate of drug-likeness (QED) is 0.569. The molecule has 2 heterocycles. The smallest absolute Gasteiger partial charge is 0.238 e. The Hall–Kier alpha value is -2.69. The molecule has 0 N–H and O–H groups in total. The van der Waals surface area contributed by atoms with Crippen LogP contribution in [0.1, 0.15) is 60.4 Å². The fourth-order valence-electron chi connectivity index (χ4n) is 3.21. The van der Waals surface area contributed by atoms with E-state index in [1.165, 1.54) is 0 Å². The molecular formula is C21H25N3O2. The summed E-state index contributed by atoms with van der Waals surface area (Å²) in [6, 6.07) is 9.22. The maximum Gasteiger partial charge on any atom is 0.238 e. The van der Waals surface area contributed by atoms with Crippen LogP contribution in [0.25, 0.3) is 5.78 Å². The normalized spacial score (nSPS) is 11.0. The van der Waals surface area contributed by atoms with Gasteiger partial charge in [-0.2, -0.15) is 4.98 Å². The molecular weight excluding hydrogens is 326 g/mol. The lowest BCUT2D eigenvalue weighted by atomic mass is 10.0. The first-order valence-corrected chi connectivity index (χ1v) is 9.24. The van der Waals surface area contributed by atoms with Crippen molar-refractivity contribution in [3.8, 4) is 5.88 Å². The van der Waals surface area contributed by atoms with Crippen molar-refractivity contribution in [3.05, 3.63) is 59.0 Å². The zero-order valence-electron chi connectivity index (χ0n) is 15.7. The molecule has 0 amide bonds. The van der Waals surface area contributed by atoms with Crippen molar-refractivity contribution in [3.63, 3.8) is 0 Å². The first-order chi connectivity index (χ1) is 12.7. The number of hydrogen-bond donors (Lipinski definition) is 0. The Labute approximate surface area is 154 Å². The van der Waals surface area contributed by atoms with Gasteiger partial charge in [0.2, 0.25) is 17.4 Å². The Bertz CT molecular complexity index is 901. The van der Waals surface area contributed by atoms with Gasteiger partial charge in [-0.1, -0.05) is 57.0 Å². The van der Waals surface area contributed by atoms with Gasteiger partial charge in [-0.15, -0.1) is 0 Å². The molecule has 0 aliphatic rings. The number of aryl methyl sites for hydroxylation is 1. The molecule has 0 atom stereocenters. The number of carbonyl (C=O) groups is 1. The van der Waals surface area contributed by atoms with E-state index in [9.17, 15) is 4.79 Å². The predicted molar refractivity (Wildman–Crippen MR) is 102 cm³/mol. The van der Waals surface area contributed by atoms with Crippen LogP contribution in [0.2, 0.25) is 0 Å². The summed E-state index contributed by atoms with van der Waals surface area (Å²) in [6.07, 6.45) is 6.80. The summed E-state index contributed by atoms with van der Waals surface area (Å²) in [5.41, 5.74) is 3.31. The maximum absolute atomic E-state index is 12.8. The van der Waals surface area contributed by atoms with Crippen LogP contribution < -0.4 is 4.74 Å². The monoisotopic (exact) mass is 351 g/mol. The molecule has 0 unspecified atom stereocenters. The average molecular weight is 351 g/mol. The molecule has 1 aromatic carbocycles. The fraction of sp³-hybridized carbons (Fsp3) is 0.381. The average Bonchev–Trinajstić information content (AvgIpc) is 3.10. The largest absolute Gasteiger partial charge is 0.481 e. The molecule has 3 aromatic rings. The van der Waals surface area contributed by atoms with Crippen LogP contribution in [-0.4, -0.2) is 27.3 Å². The van der Waals surface area contributed by atoms with Gasteiger partial charge in [-0.25, -0.2) is 4.98 Å². The number of ketones is 1. The van der Waals surface area contributed by atoms with Crippen LogP contribution in [0, 0.1) is 0 Å². The standard InChI is InChI=1S/C21H25N3O2/c1-4-6-13-18-16(10-5-2)20(26-3)23-21-22-17(14-24(18)21)19(25)15-11-8-7-9-12-15/h7-9,11-12,14H,4-6,10,13H2,1-3H3. The van der Waals surface area contributed by atoms with Crippen LogP contribution in [0.3, 0.4) is 0 Å². The Balaban J connectivity index is 2.14. The Morgan fingerprint density at radius 1 is 1.08 bits per heavy atom. The molecule has 5 nitrogen and oxygen atoms in total. The number of hydrogen-bond acceptors (Lipinski definition) is 4. The molecule has 0 aliphatic heterocycles. The number of ether oxygens (including phenoxy) is 1. The van der Waals surface area contributed by atoms with E-state index in [2.05, 4.69) is 23.8 Å². The summed E-state index contributed by atoms with van der Waals surface area (Å²) in [6.45, 7) is 4.32. The molecule has 0 radical (unpaired) electrons. The summed E-state index contributed by atoms with van der Waals surface area (Å²) < 4.78 is 7.50. The highest BCUT2D eigenvalue weighted by Gasteiger charge is 2.20. The molecule has 0 bridgehead atoms. The Kier molecular flexibility index (Phi) is 5.66. The number of aromatic nitrogens is 3. The van der Waals surface area contributed by atoms with Crippen molar-refractivity contribution in [1.82, 2.24) is 14.4 Å². The first kappa shape index (κ1) is 18.1. The number of fused-ring (bicyclic) bond motifs is 1. The van der Waals surface area contributed by atoms with Crippen molar-refractivity contribution in [1.29, 1.82) is 0 Å². The van der Waals surface area contributed by atoms with E-state index in [4.69, 9.17) is 4.74 Å². The third-order valence-corrected chi connectivity index (χ3v) is 4.52. The third kappa shape index (κ3) is 3.47. The number of benzene rings is 1. The number of nitrogens with zero attached hydrogens (tertiary/aromatic N) is 3. The van der Waals surface area contributed by atoms with Crippen LogP contribution in [-0.2, 0) is 12.8 Å². The lowest BCUT2D eigenvalue weighted by Crippen LogP contribution is -2.08. The van der Waals surface area contributed by atoms with Gasteiger partial charge >= 0.3 is 0 Å². The van der Waals surface area contributed by atoms with Crippen molar-refractivity contribution < 1.29 is 9.53 Å². The number of methoxy groups -OCH3 is 1. The Morgan fingerprint density at radius 2 is 1.85 bits per heavy atom. The number of rotatable bonds is 8. The second-order valence-electron chi connectivity index (χ2n) is 6.39. The summed E-state index contributed by atoms with van der Waals surface area (Å²) >= 11 is 0. The van der Waals surface area contributed by atoms with E-state index in [0.717, 1.165) is 43.4 Å². The summed E-state index contributed by atoms with van der Waals surface area (Å²) in [5, 5.41) is 0. The minimum absolute atomic E-state index is 0.0893. The molecule has 0 saturated heterocycles. The van der Waals surface area contributed by atoms with E-state index >= 15 is 0 Å². The van der Waals surface area contributed by atoms with Crippen molar-refractivity contribution >= 4 is 11.6 Å². The molecule has 26 heavy (non-hydrogen) atoms. The number of carbonyl (C=O) groups excluding carboxylic acids is 1. The summed E-state index contributed by atoms with van der Waals surface area (Å²) in [4.78, 5) is 21.8. The lowest BCUT2D eigenvalue weighted by Gasteiger charge is -2.14. The highest BCUT2D eigenvalue weighted by atomic mass is 16.5. The molecule has 2 aromatic heterocycles. The first-order valence-electron chi connectivity index (χ1n) is 9.24. The fourth-order valence-corrected chi connectivity index (χ4v) is 3.21. The van der Waals surface area contributed by atoms with Crippen molar-refractivity contribution in [2.24, 2.45) is 0 Å². The third-order valence-electron chi connectivity index (χ3n) is 4.52. The molecule has 0 saturated carbocycles. The molecule has 0 fully saturated rings. The molecule has 5 heteroatoms. The Morgan fingerprint density at radius 3 is 2.50 bits per heavy atom. The summed E-state index contributed by atoms with van der Waals surface area (Å²) in [5.74, 6) is 1.05. The van der Waals surface area contributed by atoms with Crippen LogP contribution in [0.5, 0.6) is 5.88 Å². The zero-order chi connectivity index (χ0) is 18.5. The number of unbranched alkanes of at least 4 members (excludes halogenated alkanes) is 1. The van der Waals surface area contributed by atoms with Gasteiger partial charge in [0.1, 0.15) is 5.69 Å². The maximum atomic E-state index is 12.8. The van der Waals surface area contributed by atoms with Gasteiger partial charge in [0, 0.05) is 23.0 Å². The van der Waals surface area contributed by atoms with Gasteiger partial charge in [0.25, 0.3) is 0 Å². The van der Waals surface area contributed by atoms with Crippen LogP contribution in [0.15, 0.2) is 36.5 Å². The van der Waals surface area contributed by atoms with Gasteiger partial charge in [-0.05, 0) is 19.3 Å². The molecule has 0 aliphatic carbocycles. The SMILES string of the molecule is CCCCc1c(CCC)c(OC)nc2nc(C(=O)c3ccccc3)cn12. The zero-order valence-corrected chi connectivity index (χ0v) is 15.7. The molecule has 136 valence electrons. The highest BCUT2D eigenvalue weighted by Crippen LogP contribution is 2.25. The number of imidazole rings is 1. The second kappa shape index (κ2) is 8.13. The van der Waals surface area contributed by atoms with Crippen molar-refractivity contribution in [2.75, 3.05) is 7.11 Å².